The highest BCUT2D eigenvalue weighted by molar-refractivity contribution is 5.79. The maximum Gasteiger partial charge on any atom is 0.308 e. The number of hydrogen-bond acceptors (Lipinski definition) is 2. The van der Waals surface area contributed by atoms with E-state index in [-0.39, 0.29) is 11.8 Å². The second kappa shape index (κ2) is 4.96. The van der Waals surface area contributed by atoms with Crippen LogP contribution in [0.1, 0.15) is 19.8 Å². The lowest BCUT2D eigenvalue weighted by Gasteiger charge is -2.14. The van der Waals surface area contributed by atoms with Gasteiger partial charge in [0.2, 0.25) is 5.91 Å². The van der Waals surface area contributed by atoms with E-state index in [0.29, 0.717) is 25.9 Å². The van der Waals surface area contributed by atoms with Gasteiger partial charge in [-0.25, -0.2) is 0 Å². The Morgan fingerprint density at radius 1 is 1.53 bits per heavy atom. The molecule has 0 spiro atoms. The summed E-state index contributed by atoms with van der Waals surface area (Å²) in [6.07, 6.45) is 2.79. The second-order valence-corrected chi connectivity index (χ2v) is 4.05. The molecular formula is C11H17NO3. The van der Waals surface area contributed by atoms with Crippen LogP contribution in [0.3, 0.4) is 0 Å². The zero-order chi connectivity index (χ0) is 11.4. The number of carbonyl (C=O) groups is 2. The minimum absolute atomic E-state index is 0.0329. The van der Waals surface area contributed by atoms with Crippen molar-refractivity contribution in [1.29, 1.82) is 0 Å². The normalized spacial score (nSPS) is 25.3. The van der Waals surface area contributed by atoms with Crippen molar-refractivity contribution in [3.63, 3.8) is 0 Å². The molecule has 1 N–H and O–H groups in total. The molecule has 4 nitrogen and oxygen atoms in total. The molecular weight excluding hydrogens is 194 g/mol. The number of aliphatic carboxylic acids is 1. The first kappa shape index (κ1) is 11.8. The summed E-state index contributed by atoms with van der Waals surface area (Å²) in [4.78, 5) is 24.1. The lowest BCUT2D eigenvalue weighted by Crippen LogP contribution is -2.29. The SMILES string of the molecule is C=CCCC(=O)N1CC(C)C(C(=O)O)C1. The van der Waals surface area contributed by atoms with Gasteiger partial charge in [-0.1, -0.05) is 13.0 Å². The van der Waals surface area contributed by atoms with Gasteiger partial charge in [-0.05, 0) is 12.3 Å². The Kier molecular flexibility index (Phi) is 3.88. The highest BCUT2D eigenvalue weighted by Crippen LogP contribution is 2.23. The molecule has 0 saturated carbocycles. The first-order chi connectivity index (χ1) is 7.06. The summed E-state index contributed by atoms with van der Waals surface area (Å²) in [6.45, 7) is 6.34. The van der Waals surface area contributed by atoms with Crippen LogP contribution in [-0.4, -0.2) is 35.0 Å². The van der Waals surface area contributed by atoms with E-state index in [2.05, 4.69) is 6.58 Å². The Morgan fingerprint density at radius 3 is 2.67 bits per heavy atom. The number of allylic oxidation sites excluding steroid dienone is 1. The van der Waals surface area contributed by atoms with Gasteiger partial charge in [-0.15, -0.1) is 6.58 Å². The smallest absolute Gasteiger partial charge is 0.308 e. The van der Waals surface area contributed by atoms with Crippen molar-refractivity contribution >= 4 is 11.9 Å². The van der Waals surface area contributed by atoms with Gasteiger partial charge in [0, 0.05) is 19.5 Å². The molecule has 1 amide bonds. The van der Waals surface area contributed by atoms with E-state index in [1.807, 2.05) is 6.92 Å². The number of carboxylic acid groups (broad SMARTS) is 1. The van der Waals surface area contributed by atoms with Crippen molar-refractivity contribution in [2.45, 2.75) is 19.8 Å². The minimum Gasteiger partial charge on any atom is -0.481 e. The summed E-state index contributed by atoms with van der Waals surface area (Å²) in [6, 6.07) is 0. The summed E-state index contributed by atoms with van der Waals surface area (Å²) >= 11 is 0. The first-order valence-corrected chi connectivity index (χ1v) is 5.17. The molecule has 0 aliphatic carbocycles. The zero-order valence-electron chi connectivity index (χ0n) is 8.98. The van der Waals surface area contributed by atoms with E-state index in [9.17, 15) is 9.59 Å². The quantitative estimate of drug-likeness (QED) is 0.709. The molecule has 15 heavy (non-hydrogen) atoms. The van der Waals surface area contributed by atoms with Crippen molar-refractivity contribution in [2.24, 2.45) is 11.8 Å². The molecule has 84 valence electrons. The summed E-state index contributed by atoms with van der Waals surface area (Å²) in [5.74, 6) is -1.13. The Labute approximate surface area is 89.6 Å². The molecule has 0 aromatic heterocycles. The van der Waals surface area contributed by atoms with Crippen LogP contribution in [-0.2, 0) is 9.59 Å². The molecule has 1 saturated heterocycles. The lowest BCUT2D eigenvalue weighted by molar-refractivity contribution is -0.142. The molecule has 4 heteroatoms. The number of carboxylic acids is 1. The Morgan fingerprint density at radius 2 is 2.20 bits per heavy atom. The molecule has 2 unspecified atom stereocenters. The van der Waals surface area contributed by atoms with Gasteiger partial charge < -0.3 is 10.0 Å². The fourth-order valence-electron chi connectivity index (χ4n) is 1.88. The van der Waals surface area contributed by atoms with Crippen molar-refractivity contribution in [2.75, 3.05) is 13.1 Å². The van der Waals surface area contributed by atoms with Gasteiger partial charge in [0.25, 0.3) is 0 Å². The molecule has 1 aliphatic heterocycles. The third kappa shape index (κ3) is 2.81. The average molecular weight is 211 g/mol. The van der Waals surface area contributed by atoms with Gasteiger partial charge in [-0.2, -0.15) is 0 Å². The van der Waals surface area contributed by atoms with Crippen LogP contribution in [0.2, 0.25) is 0 Å². The average Bonchev–Trinajstić information content (AvgIpc) is 2.56. The van der Waals surface area contributed by atoms with E-state index in [1.54, 1.807) is 11.0 Å². The monoisotopic (exact) mass is 211 g/mol. The van der Waals surface area contributed by atoms with Crippen LogP contribution in [0.15, 0.2) is 12.7 Å². The van der Waals surface area contributed by atoms with Crippen LogP contribution >= 0.6 is 0 Å². The molecule has 0 bridgehead atoms. The number of amides is 1. The summed E-state index contributed by atoms with van der Waals surface area (Å²) in [5, 5.41) is 8.91. The number of carbonyl (C=O) groups excluding carboxylic acids is 1. The van der Waals surface area contributed by atoms with Gasteiger partial charge in [0.15, 0.2) is 0 Å². The Balaban J connectivity index is 2.50. The Hall–Kier alpha value is -1.32. The van der Waals surface area contributed by atoms with Crippen LogP contribution in [0, 0.1) is 11.8 Å². The number of likely N-dealkylation sites (tertiary alicyclic amines) is 1. The van der Waals surface area contributed by atoms with E-state index in [0.717, 1.165) is 0 Å². The predicted octanol–water partition coefficient (Wildman–Crippen LogP) is 1.13. The van der Waals surface area contributed by atoms with Crippen LogP contribution in [0.4, 0.5) is 0 Å². The fraction of sp³-hybridized carbons (Fsp3) is 0.636. The molecule has 1 heterocycles. The standard InChI is InChI=1S/C11H17NO3/c1-3-4-5-10(13)12-6-8(2)9(7-12)11(14)15/h3,8-9H,1,4-7H2,2H3,(H,14,15). The Bertz CT molecular complexity index is 275. The zero-order valence-corrected chi connectivity index (χ0v) is 8.98. The topological polar surface area (TPSA) is 57.6 Å². The highest BCUT2D eigenvalue weighted by Gasteiger charge is 2.36. The third-order valence-electron chi connectivity index (χ3n) is 2.84. The molecule has 2 atom stereocenters. The van der Waals surface area contributed by atoms with Crippen molar-refractivity contribution in [3.05, 3.63) is 12.7 Å². The predicted molar refractivity (Wildman–Crippen MR) is 56.3 cm³/mol. The van der Waals surface area contributed by atoms with Crippen LogP contribution in [0.25, 0.3) is 0 Å². The number of rotatable bonds is 4. The summed E-state index contributed by atoms with van der Waals surface area (Å²) < 4.78 is 0. The first-order valence-electron chi connectivity index (χ1n) is 5.17. The number of nitrogens with zero attached hydrogens (tertiary/aromatic N) is 1. The van der Waals surface area contributed by atoms with E-state index in [1.165, 1.54) is 0 Å². The molecule has 0 aromatic carbocycles. The summed E-state index contributed by atoms with van der Waals surface area (Å²) in [7, 11) is 0. The van der Waals surface area contributed by atoms with E-state index in [4.69, 9.17) is 5.11 Å². The molecule has 0 radical (unpaired) electrons. The van der Waals surface area contributed by atoms with E-state index < -0.39 is 11.9 Å². The number of hydrogen-bond donors (Lipinski definition) is 1. The van der Waals surface area contributed by atoms with E-state index >= 15 is 0 Å². The van der Waals surface area contributed by atoms with Gasteiger partial charge in [-0.3, -0.25) is 9.59 Å². The molecule has 0 aromatic rings. The van der Waals surface area contributed by atoms with Crippen molar-refractivity contribution in [3.8, 4) is 0 Å². The van der Waals surface area contributed by atoms with Gasteiger partial charge in [0.1, 0.15) is 0 Å². The fourth-order valence-corrected chi connectivity index (χ4v) is 1.88. The summed E-state index contributed by atoms with van der Waals surface area (Å²) in [5.41, 5.74) is 0. The lowest BCUT2D eigenvalue weighted by atomic mass is 9.99. The minimum atomic E-state index is -0.804. The maximum atomic E-state index is 11.6. The molecule has 1 fully saturated rings. The molecule has 1 aliphatic rings. The second-order valence-electron chi connectivity index (χ2n) is 4.05. The van der Waals surface area contributed by atoms with Crippen LogP contribution < -0.4 is 0 Å². The highest BCUT2D eigenvalue weighted by atomic mass is 16.4. The van der Waals surface area contributed by atoms with Gasteiger partial charge >= 0.3 is 5.97 Å². The van der Waals surface area contributed by atoms with Gasteiger partial charge in [0.05, 0.1) is 5.92 Å². The van der Waals surface area contributed by atoms with Crippen molar-refractivity contribution < 1.29 is 14.7 Å². The third-order valence-corrected chi connectivity index (χ3v) is 2.84. The van der Waals surface area contributed by atoms with Crippen LogP contribution in [0.5, 0.6) is 0 Å². The maximum absolute atomic E-state index is 11.6. The largest absolute Gasteiger partial charge is 0.481 e. The van der Waals surface area contributed by atoms with Crippen molar-refractivity contribution in [1.82, 2.24) is 4.90 Å². The molecule has 1 rings (SSSR count).